The third-order valence-corrected chi connectivity index (χ3v) is 2.57. The average Bonchev–Trinajstić information content (AvgIpc) is 1.95. The van der Waals surface area contributed by atoms with Crippen molar-refractivity contribution in [2.45, 2.75) is 38.3 Å². The van der Waals surface area contributed by atoms with E-state index < -0.39 is 11.6 Å². The fourth-order valence-corrected chi connectivity index (χ4v) is 1.49. The van der Waals surface area contributed by atoms with Crippen molar-refractivity contribution in [1.82, 2.24) is 5.32 Å². The summed E-state index contributed by atoms with van der Waals surface area (Å²) in [4.78, 5) is 10.5. The second kappa shape index (κ2) is 3.64. The molecule has 13 heavy (non-hydrogen) atoms. The Balaban J connectivity index is 2.22. The third kappa shape index (κ3) is 2.67. The molecule has 0 aromatic heterocycles. The van der Waals surface area contributed by atoms with E-state index in [2.05, 4.69) is 12.2 Å². The Bertz CT molecular complexity index is 197. The maximum Gasteiger partial charge on any atom is 0.336 e. The van der Waals surface area contributed by atoms with Crippen LogP contribution >= 0.6 is 0 Å². The molecule has 0 heterocycles. The molecule has 4 heteroatoms. The van der Waals surface area contributed by atoms with Crippen LogP contribution in [0.5, 0.6) is 0 Å². The van der Waals surface area contributed by atoms with Crippen molar-refractivity contribution in [2.75, 3.05) is 6.54 Å². The van der Waals surface area contributed by atoms with E-state index in [0.29, 0.717) is 6.04 Å². The number of rotatable bonds is 4. The zero-order valence-corrected chi connectivity index (χ0v) is 8.08. The first-order valence-electron chi connectivity index (χ1n) is 4.61. The van der Waals surface area contributed by atoms with Gasteiger partial charge in [-0.1, -0.05) is 6.92 Å². The van der Waals surface area contributed by atoms with Crippen LogP contribution in [0.1, 0.15) is 26.7 Å². The van der Waals surface area contributed by atoms with E-state index in [9.17, 15) is 9.90 Å². The average molecular weight is 187 g/mol. The standard InChI is InChI=1S/C9H17NO3/c1-6-3-7(4-6)10-5-9(2,13)8(11)12/h6-7,10,13H,3-5H2,1-2H3,(H,11,12). The maximum atomic E-state index is 10.5. The highest BCUT2D eigenvalue weighted by atomic mass is 16.4. The summed E-state index contributed by atoms with van der Waals surface area (Å²) in [5.41, 5.74) is -1.64. The lowest BCUT2D eigenvalue weighted by Crippen LogP contribution is -2.50. The zero-order valence-electron chi connectivity index (χ0n) is 8.08. The molecule has 0 aliphatic heterocycles. The lowest BCUT2D eigenvalue weighted by atomic mass is 9.81. The van der Waals surface area contributed by atoms with Crippen LogP contribution < -0.4 is 5.32 Å². The number of aliphatic hydroxyl groups is 1. The summed E-state index contributed by atoms with van der Waals surface area (Å²) < 4.78 is 0. The minimum absolute atomic E-state index is 0.125. The molecule has 1 aliphatic rings. The molecule has 0 aromatic carbocycles. The second-order valence-corrected chi connectivity index (χ2v) is 4.23. The van der Waals surface area contributed by atoms with E-state index in [0.717, 1.165) is 18.8 Å². The van der Waals surface area contributed by atoms with Gasteiger partial charge in [-0.05, 0) is 25.7 Å². The molecule has 0 bridgehead atoms. The summed E-state index contributed by atoms with van der Waals surface area (Å²) in [5, 5.41) is 21.0. The largest absolute Gasteiger partial charge is 0.479 e. The van der Waals surface area contributed by atoms with Gasteiger partial charge >= 0.3 is 5.97 Å². The lowest BCUT2D eigenvalue weighted by molar-refractivity contribution is -0.156. The predicted octanol–water partition coefficient (Wildman–Crippen LogP) is 0.210. The molecular formula is C9H17NO3. The van der Waals surface area contributed by atoms with Crippen molar-refractivity contribution in [2.24, 2.45) is 5.92 Å². The highest BCUT2D eigenvalue weighted by Gasteiger charge is 2.32. The van der Waals surface area contributed by atoms with Crippen molar-refractivity contribution in [3.8, 4) is 0 Å². The van der Waals surface area contributed by atoms with Gasteiger partial charge in [-0.25, -0.2) is 4.79 Å². The number of carboxylic acid groups (broad SMARTS) is 1. The van der Waals surface area contributed by atoms with E-state index in [1.807, 2.05) is 0 Å². The first kappa shape index (κ1) is 10.5. The SMILES string of the molecule is CC1CC(NCC(C)(O)C(=O)O)C1. The minimum atomic E-state index is -1.64. The van der Waals surface area contributed by atoms with Gasteiger partial charge in [0.05, 0.1) is 0 Å². The zero-order chi connectivity index (χ0) is 10.1. The second-order valence-electron chi connectivity index (χ2n) is 4.23. The number of carboxylic acids is 1. The van der Waals surface area contributed by atoms with Gasteiger partial charge in [0, 0.05) is 12.6 Å². The fraction of sp³-hybridized carbons (Fsp3) is 0.889. The summed E-state index contributed by atoms with van der Waals surface area (Å²) in [5.74, 6) is -0.445. The van der Waals surface area contributed by atoms with Gasteiger partial charge in [-0.3, -0.25) is 0 Å². The highest BCUT2D eigenvalue weighted by Crippen LogP contribution is 2.26. The molecule has 0 amide bonds. The molecule has 1 atom stereocenters. The summed E-state index contributed by atoms with van der Waals surface area (Å²) >= 11 is 0. The van der Waals surface area contributed by atoms with Crippen LogP contribution in [-0.4, -0.2) is 34.4 Å². The topological polar surface area (TPSA) is 69.6 Å². The van der Waals surface area contributed by atoms with Gasteiger partial charge in [0.2, 0.25) is 0 Å². The van der Waals surface area contributed by atoms with Crippen LogP contribution in [0.2, 0.25) is 0 Å². The fourth-order valence-electron chi connectivity index (χ4n) is 1.49. The Morgan fingerprint density at radius 1 is 1.62 bits per heavy atom. The summed E-state index contributed by atoms with van der Waals surface area (Å²) in [7, 11) is 0. The molecule has 76 valence electrons. The molecule has 1 saturated carbocycles. The summed E-state index contributed by atoms with van der Waals surface area (Å²) in [6.07, 6.45) is 2.16. The molecule has 3 N–H and O–H groups in total. The molecule has 1 unspecified atom stereocenters. The quantitative estimate of drug-likeness (QED) is 0.588. The minimum Gasteiger partial charge on any atom is -0.479 e. The van der Waals surface area contributed by atoms with E-state index in [4.69, 9.17) is 5.11 Å². The van der Waals surface area contributed by atoms with Crippen molar-refractivity contribution in [3.63, 3.8) is 0 Å². The van der Waals surface area contributed by atoms with Gasteiger partial charge in [0.1, 0.15) is 0 Å². The normalized spacial score (nSPS) is 31.9. The predicted molar refractivity (Wildman–Crippen MR) is 48.4 cm³/mol. The smallest absolute Gasteiger partial charge is 0.336 e. The Morgan fingerprint density at radius 2 is 2.15 bits per heavy atom. The van der Waals surface area contributed by atoms with Crippen LogP contribution in [0.25, 0.3) is 0 Å². The molecule has 1 fully saturated rings. The van der Waals surface area contributed by atoms with Crippen molar-refractivity contribution in [3.05, 3.63) is 0 Å². The van der Waals surface area contributed by atoms with Gasteiger partial charge in [-0.15, -0.1) is 0 Å². The van der Waals surface area contributed by atoms with Crippen LogP contribution in [-0.2, 0) is 4.79 Å². The Kier molecular flexibility index (Phi) is 2.93. The van der Waals surface area contributed by atoms with Crippen molar-refractivity contribution >= 4 is 5.97 Å². The van der Waals surface area contributed by atoms with Crippen LogP contribution in [0.3, 0.4) is 0 Å². The van der Waals surface area contributed by atoms with E-state index in [-0.39, 0.29) is 6.54 Å². The Hall–Kier alpha value is -0.610. The Morgan fingerprint density at radius 3 is 2.54 bits per heavy atom. The van der Waals surface area contributed by atoms with Gasteiger partial charge in [-0.2, -0.15) is 0 Å². The molecule has 0 saturated heterocycles. The van der Waals surface area contributed by atoms with Crippen LogP contribution in [0, 0.1) is 5.92 Å². The first-order chi connectivity index (χ1) is 5.92. The summed E-state index contributed by atoms with van der Waals surface area (Å²) in [6, 6.07) is 0.390. The number of carbonyl (C=O) groups is 1. The van der Waals surface area contributed by atoms with E-state index in [1.54, 1.807) is 0 Å². The third-order valence-electron chi connectivity index (χ3n) is 2.57. The molecule has 4 nitrogen and oxygen atoms in total. The number of hydrogen-bond acceptors (Lipinski definition) is 3. The van der Waals surface area contributed by atoms with Crippen molar-refractivity contribution < 1.29 is 15.0 Å². The van der Waals surface area contributed by atoms with Gasteiger partial charge in [0.15, 0.2) is 5.60 Å². The van der Waals surface area contributed by atoms with Crippen LogP contribution in [0.15, 0.2) is 0 Å². The molecule has 0 spiro atoms. The van der Waals surface area contributed by atoms with Gasteiger partial charge < -0.3 is 15.5 Å². The molecule has 1 rings (SSSR count). The molecule has 0 aromatic rings. The molecule has 1 aliphatic carbocycles. The first-order valence-corrected chi connectivity index (χ1v) is 4.61. The molecule has 0 radical (unpaired) electrons. The molecular weight excluding hydrogens is 170 g/mol. The van der Waals surface area contributed by atoms with E-state index in [1.165, 1.54) is 6.92 Å². The summed E-state index contributed by atoms with van der Waals surface area (Å²) in [6.45, 7) is 3.59. The number of aliphatic carboxylic acids is 1. The van der Waals surface area contributed by atoms with Crippen LogP contribution in [0.4, 0.5) is 0 Å². The number of nitrogens with one attached hydrogen (secondary N) is 1. The monoisotopic (exact) mass is 187 g/mol. The van der Waals surface area contributed by atoms with Crippen molar-refractivity contribution in [1.29, 1.82) is 0 Å². The van der Waals surface area contributed by atoms with Gasteiger partial charge in [0.25, 0.3) is 0 Å². The number of hydrogen-bond donors (Lipinski definition) is 3. The lowest BCUT2D eigenvalue weighted by Gasteiger charge is -2.35. The van der Waals surface area contributed by atoms with E-state index >= 15 is 0 Å². The highest BCUT2D eigenvalue weighted by molar-refractivity contribution is 5.76. The maximum absolute atomic E-state index is 10.5. The Labute approximate surface area is 78.0 Å².